The molecule has 0 aliphatic heterocycles. The van der Waals surface area contributed by atoms with E-state index in [4.69, 9.17) is 0 Å². The quantitative estimate of drug-likeness (QED) is 0.343. The number of nitrogens with one attached hydrogen (secondary N) is 1. The van der Waals surface area contributed by atoms with Crippen molar-refractivity contribution >= 4 is 32.6 Å². The first-order valence-corrected chi connectivity index (χ1v) is 9.82. The van der Waals surface area contributed by atoms with Gasteiger partial charge in [-0.05, 0) is 52.2 Å². The van der Waals surface area contributed by atoms with Gasteiger partial charge in [-0.3, -0.25) is 4.98 Å². The van der Waals surface area contributed by atoms with Gasteiger partial charge in [-0.2, -0.15) is 0 Å². The first kappa shape index (κ1) is 16.1. The van der Waals surface area contributed by atoms with Crippen LogP contribution in [0, 0.1) is 0 Å². The molecular formula is C27H18N2. The Hall–Kier alpha value is -3.91. The highest BCUT2D eigenvalue weighted by Gasteiger charge is 2.12. The van der Waals surface area contributed by atoms with E-state index in [1.165, 1.54) is 43.7 Å². The molecule has 0 saturated carbocycles. The minimum absolute atomic E-state index is 0.992. The van der Waals surface area contributed by atoms with Crippen LogP contribution in [-0.2, 0) is 0 Å². The Labute approximate surface area is 168 Å². The second-order valence-electron chi connectivity index (χ2n) is 7.36. The highest BCUT2D eigenvalue weighted by molar-refractivity contribution is 6.23. The summed E-state index contributed by atoms with van der Waals surface area (Å²) in [4.78, 5) is 8.10. The van der Waals surface area contributed by atoms with E-state index >= 15 is 0 Å². The van der Waals surface area contributed by atoms with E-state index in [-0.39, 0.29) is 0 Å². The smallest absolute Gasteiger partial charge is 0.0702 e. The van der Waals surface area contributed by atoms with Crippen LogP contribution in [0.25, 0.3) is 55.0 Å². The van der Waals surface area contributed by atoms with Gasteiger partial charge >= 0.3 is 0 Å². The summed E-state index contributed by atoms with van der Waals surface area (Å²) in [5.74, 6) is 0. The lowest BCUT2D eigenvalue weighted by molar-refractivity contribution is 1.33. The van der Waals surface area contributed by atoms with Gasteiger partial charge in [0.25, 0.3) is 0 Å². The average molecular weight is 370 g/mol. The Balaban J connectivity index is 1.69. The van der Waals surface area contributed by atoms with E-state index in [2.05, 4.69) is 94.9 Å². The zero-order chi connectivity index (χ0) is 19.2. The lowest BCUT2D eigenvalue weighted by Crippen LogP contribution is -1.86. The first-order valence-electron chi connectivity index (χ1n) is 9.82. The summed E-state index contributed by atoms with van der Waals surface area (Å²) in [5, 5.41) is 5.10. The van der Waals surface area contributed by atoms with Gasteiger partial charge in [0.1, 0.15) is 0 Å². The summed E-state index contributed by atoms with van der Waals surface area (Å²) in [6.07, 6.45) is 1.84. The molecule has 2 heteroatoms. The number of fused-ring (bicyclic) bond motifs is 5. The van der Waals surface area contributed by atoms with Crippen LogP contribution in [0.15, 0.2) is 103 Å². The number of aromatic nitrogens is 2. The van der Waals surface area contributed by atoms with E-state index in [1.807, 2.05) is 18.3 Å². The highest BCUT2D eigenvalue weighted by atomic mass is 14.7. The Morgan fingerprint density at radius 3 is 2.38 bits per heavy atom. The fourth-order valence-electron chi connectivity index (χ4n) is 4.34. The second-order valence-corrected chi connectivity index (χ2v) is 7.36. The summed E-state index contributed by atoms with van der Waals surface area (Å²) >= 11 is 0. The maximum atomic E-state index is 4.52. The van der Waals surface area contributed by atoms with Crippen molar-refractivity contribution < 1.29 is 0 Å². The summed E-state index contributed by atoms with van der Waals surface area (Å²) < 4.78 is 0. The minimum Gasteiger partial charge on any atom is -0.354 e. The predicted molar refractivity (Wildman–Crippen MR) is 122 cm³/mol. The van der Waals surface area contributed by atoms with Crippen molar-refractivity contribution in [2.75, 3.05) is 0 Å². The molecule has 2 aromatic heterocycles. The molecule has 2 heterocycles. The molecule has 0 spiro atoms. The molecule has 0 atom stereocenters. The average Bonchev–Trinajstić information content (AvgIpc) is 3.18. The Morgan fingerprint density at radius 1 is 0.586 bits per heavy atom. The van der Waals surface area contributed by atoms with Crippen molar-refractivity contribution in [3.8, 4) is 22.4 Å². The zero-order valence-corrected chi connectivity index (χ0v) is 15.8. The van der Waals surface area contributed by atoms with Crippen molar-refractivity contribution in [1.29, 1.82) is 0 Å². The Morgan fingerprint density at radius 2 is 1.45 bits per heavy atom. The lowest BCUT2D eigenvalue weighted by Gasteiger charge is -2.10. The number of para-hydroxylation sites is 1. The normalized spacial score (nSPS) is 11.4. The highest BCUT2D eigenvalue weighted by Crippen LogP contribution is 2.38. The van der Waals surface area contributed by atoms with Gasteiger partial charge in [0.2, 0.25) is 0 Å². The maximum absolute atomic E-state index is 4.52. The second kappa shape index (κ2) is 6.32. The molecule has 0 radical (unpaired) electrons. The van der Waals surface area contributed by atoms with Crippen LogP contribution in [0.5, 0.6) is 0 Å². The van der Waals surface area contributed by atoms with Crippen LogP contribution in [0.4, 0.5) is 0 Å². The van der Waals surface area contributed by atoms with E-state index in [0.717, 1.165) is 11.3 Å². The number of benzene rings is 4. The van der Waals surface area contributed by atoms with Crippen molar-refractivity contribution in [3.05, 3.63) is 103 Å². The van der Waals surface area contributed by atoms with Gasteiger partial charge in [0, 0.05) is 33.6 Å². The van der Waals surface area contributed by atoms with Crippen LogP contribution in [-0.4, -0.2) is 9.97 Å². The number of hydrogen-bond acceptors (Lipinski definition) is 1. The van der Waals surface area contributed by atoms with Gasteiger partial charge in [-0.1, -0.05) is 66.7 Å². The van der Waals surface area contributed by atoms with Gasteiger partial charge in [0.15, 0.2) is 0 Å². The van der Waals surface area contributed by atoms with Crippen LogP contribution >= 0.6 is 0 Å². The third-order valence-corrected chi connectivity index (χ3v) is 5.65. The largest absolute Gasteiger partial charge is 0.354 e. The molecule has 4 aromatic carbocycles. The fraction of sp³-hybridized carbons (Fsp3) is 0. The molecule has 1 N–H and O–H groups in total. The van der Waals surface area contributed by atoms with E-state index < -0.39 is 0 Å². The molecular weight excluding hydrogens is 352 g/mol. The number of pyridine rings is 1. The van der Waals surface area contributed by atoms with Crippen molar-refractivity contribution in [2.24, 2.45) is 0 Å². The molecule has 0 amide bonds. The third-order valence-electron chi connectivity index (χ3n) is 5.65. The summed E-state index contributed by atoms with van der Waals surface area (Å²) in [6.45, 7) is 0. The van der Waals surface area contributed by atoms with E-state index in [1.54, 1.807) is 0 Å². The summed E-state index contributed by atoms with van der Waals surface area (Å²) in [5.41, 5.74) is 6.92. The number of nitrogens with zero attached hydrogens (tertiary/aromatic N) is 1. The molecule has 2 nitrogen and oxygen atoms in total. The van der Waals surface area contributed by atoms with Crippen LogP contribution in [0.1, 0.15) is 0 Å². The molecule has 136 valence electrons. The summed E-state index contributed by atoms with van der Waals surface area (Å²) in [7, 11) is 0. The molecule has 29 heavy (non-hydrogen) atoms. The first-order chi connectivity index (χ1) is 14.4. The Bertz CT molecular complexity index is 1490. The van der Waals surface area contributed by atoms with Crippen molar-refractivity contribution in [2.45, 2.75) is 0 Å². The van der Waals surface area contributed by atoms with Crippen LogP contribution in [0.3, 0.4) is 0 Å². The number of rotatable bonds is 2. The lowest BCUT2D eigenvalue weighted by atomic mass is 9.93. The molecule has 6 rings (SSSR count). The third kappa shape index (κ3) is 2.54. The maximum Gasteiger partial charge on any atom is 0.0702 e. The Kier molecular flexibility index (Phi) is 3.50. The standard InChI is InChI=1S/C27H18N2/c1-2-13-24-22(10-1)27-25(29-24)15-14-18-7-6-11-21(26(18)27)19-8-5-9-20(17-19)23-12-3-4-16-28-23/h1-17,29H. The molecule has 0 unspecified atom stereocenters. The molecule has 0 aliphatic rings. The van der Waals surface area contributed by atoms with Crippen LogP contribution < -0.4 is 0 Å². The van der Waals surface area contributed by atoms with Gasteiger partial charge < -0.3 is 4.98 Å². The van der Waals surface area contributed by atoms with Gasteiger partial charge in [0.05, 0.1) is 5.69 Å². The molecule has 0 saturated heterocycles. The van der Waals surface area contributed by atoms with Crippen LogP contribution in [0.2, 0.25) is 0 Å². The van der Waals surface area contributed by atoms with E-state index in [9.17, 15) is 0 Å². The predicted octanol–water partition coefficient (Wildman–Crippen LogP) is 7.20. The molecule has 0 aliphatic carbocycles. The number of aromatic amines is 1. The SMILES string of the molecule is c1ccc(-c2cccc(-c3cccc4ccc5[nH]c6ccccc6c5c34)c2)nc1. The van der Waals surface area contributed by atoms with Crippen molar-refractivity contribution in [3.63, 3.8) is 0 Å². The molecule has 0 fully saturated rings. The monoisotopic (exact) mass is 370 g/mol. The van der Waals surface area contributed by atoms with Gasteiger partial charge in [-0.15, -0.1) is 0 Å². The molecule has 0 bridgehead atoms. The fourth-order valence-corrected chi connectivity index (χ4v) is 4.34. The summed E-state index contributed by atoms with van der Waals surface area (Å²) in [6, 6.07) is 34.2. The van der Waals surface area contributed by atoms with Crippen molar-refractivity contribution in [1.82, 2.24) is 9.97 Å². The van der Waals surface area contributed by atoms with Gasteiger partial charge in [-0.25, -0.2) is 0 Å². The topological polar surface area (TPSA) is 28.7 Å². The zero-order valence-electron chi connectivity index (χ0n) is 15.8. The minimum atomic E-state index is 0.992. The molecule has 6 aromatic rings. The number of H-pyrrole nitrogens is 1. The number of hydrogen-bond donors (Lipinski definition) is 1. The van der Waals surface area contributed by atoms with E-state index in [0.29, 0.717) is 0 Å².